The summed E-state index contributed by atoms with van der Waals surface area (Å²) in [7, 11) is 4.24. The highest BCUT2D eigenvalue weighted by Gasteiger charge is 2.37. The molecule has 0 saturated carbocycles. The number of ether oxygens (including phenoxy) is 8. The molecule has 0 rings (SSSR count). The monoisotopic (exact) mass is 562 g/mol. The quantitative estimate of drug-likeness (QED) is 0.0937. The second kappa shape index (κ2) is 26.6. The molecular formula is C22H50O12Si2. The highest BCUT2D eigenvalue weighted by molar-refractivity contribution is 6.60. The summed E-state index contributed by atoms with van der Waals surface area (Å²) in [4.78, 5) is 0. The second-order valence-corrected chi connectivity index (χ2v) is 13.2. The molecule has 0 N–H and O–H groups in total. The van der Waals surface area contributed by atoms with Crippen LogP contribution in [0.15, 0.2) is 0 Å². The van der Waals surface area contributed by atoms with Gasteiger partial charge in [-0.15, -0.1) is 0 Å². The van der Waals surface area contributed by atoms with Gasteiger partial charge in [-0.1, -0.05) is 0 Å². The summed E-state index contributed by atoms with van der Waals surface area (Å²) in [5, 5.41) is 0. The molecule has 218 valence electrons. The van der Waals surface area contributed by atoms with Crippen molar-refractivity contribution in [2.75, 3.05) is 128 Å². The minimum absolute atomic E-state index is 0.0514. The maximum atomic E-state index is 5.57. The molecule has 0 radical (unpaired) electrons. The topological polar surface area (TPSA) is 111 Å². The molecular weight excluding hydrogens is 512 g/mol. The number of hydrogen-bond donors (Lipinski definition) is 0. The van der Waals surface area contributed by atoms with Crippen LogP contribution >= 0.6 is 0 Å². The molecule has 2 unspecified atom stereocenters. The van der Waals surface area contributed by atoms with Crippen LogP contribution in [0, 0.1) is 0 Å². The highest BCUT2D eigenvalue weighted by Crippen LogP contribution is 2.12. The van der Waals surface area contributed by atoms with Crippen LogP contribution in [-0.2, 0) is 55.6 Å². The van der Waals surface area contributed by atoms with Gasteiger partial charge in [0.05, 0.1) is 98.2 Å². The van der Waals surface area contributed by atoms with Gasteiger partial charge in [0.1, 0.15) is 0 Å². The molecule has 0 aliphatic heterocycles. The van der Waals surface area contributed by atoms with Crippen LogP contribution < -0.4 is 0 Å². The van der Waals surface area contributed by atoms with E-state index in [0.29, 0.717) is 98.5 Å². The molecule has 36 heavy (non-hydrogen) atoms. The lowest BCUT2D eigenvalue weighted by Crippen LogP contribution is -2.43. The average molecular weight is 563 g/mol. The van der Waals surface area contributed by atoms with Gasteiger partial charge in [0.25, 0.3) is 0 Å². The van der Waals surface area contributed by atoms with Crippen molar-refractivity contribution in [1.82, 2.24) is 0 Å². The van der Waals surface area contributed by atoms with Gasteiger partial charge in [-0.25, -0.2) is 0 Å². The molecule has 0 aromatic carbocycles. The fourth-order valence-electron chi connectivity index (χ4n) is 2.82. The first kappa shape index (κ1) is 36.0. The first-order valence-corrected chi connectivity index (χ1v) is 16.6. The molecule has 0 aromatic rings. The van der Waals surface area contributed by atoms with E-state index in [1.54, 1.807) is 35.5 Å². The van der Waals surface area contributed by atoms with E-state index in [4.69, 9.17) is 55.6 Å². The second-order valence-electron chi connectivity index (χ2n) is 7.51. The van der Waals surface area contributed by atoms with Crippen LogP contribution in [-0.4, -0.2) is 152 Å². The zero-order chi connectivity index (χ0) is 26.7. The Kier molecular flexibility index (Phi) is 26.5. The predicted molar refractivity (Wildman–Crippen MR) is 138 cm³/mol. The molecule has 0 aliphatic rings. The van der Waals surface area contributed by atoms with E-state index >= 15 is 0 Å². The fraction of sp³-hybridized carbons (Fsp3) is 1.00. The first-order chi connectivity index (χ1) is 17.6. The van der Waals surface area contributed by atoms with Crippen LogP contribution in [0.3, 0.4) is 0 Å². The van der Waals surface area contributed by atoms with E-state index in [0.717, 1.165) is 0 Å². The van der Waals surface area contributed by atoms with Crippen LogP contribution in [0.2, 0.25) is 12.6 Å². The molecule has 14 heteroatoms. The summed E-state index contributed by atoms with van der Waals surface area (Å²) in [6, 6.07) is 0.598. The number of methoxy groups -OCH3 is 1. The van der Waals surface area contributed by atoms with Gasteiger partial charge in [0, 0.05) is 41.6 Å². The van der Waals surface area contributed by atoms with Crippen molar-refractivity contribution in [1.29, 1.82) is 0 Å². The van der Waals surface area contributed by atoms with Crippen molar-refractivity contribution in [3.05, 3.63) is 0 Å². The minimum atomic E-state index is -2.56. The lowest BCUT2D eigenvalue weighted by molar-refractivity contribution is -0.0244. The first-order valence-electron chi connectivity index (χ1n) is 12.3. The van der Waals surface area contributed by atoms with Gasteiger partial charge < -0.3 is 55.6 Å². The zero-order valence-corrected chi connectivity index (χ0v) is 25.3. The van der Waals surface area contributed by atoms with Gasteiger partial charge in [0.2, 0.25) is 9.04 Å². The van der Waals surface area contributed by atoms with Gasteiger partial charge >= 0.3 is 8.80 Å². The SMILES string of the molecule is COC(COCCOCCOCCOCCOCCOCCOCC[Si](OC)(OC)OC)[SiH](C)OC. The van der Waals surface area contributed by atoms with Gasteiger partial charge in [-0.05, 0) is 6.55 Å². The summed E-state index contributed by atoms with van der Waals surface area (Å²) < 4.78 is 65.2. The maximum Gasteiger partial charge on any atom is 0.502 e. The van der Waals surface area contributed by atoms with E-state index in [-0.39, 0.29) is 5.73 Å². The molecule has 0 saturated heterocycles. The Morgan fingerprint density at radius 2 is 0.833 bits per heavy atom. The third kappa shape index (κ3) is 20.0. The largest absolute Gasteiger partial charge is 0.502 e. The Hall–Kier alpha value is -0.0462. The van der Waals surface area contributed by atoms with Crippen molar-refractivity contribution in [2.24, 2.45) is 0 Å². The van der Waals surface area contributed by atoms with Crippen molar-refractivity contribution in [2.45, 2.75) is 18.3 Å². The Morgan fingerprint density at radius 3 is 1.14 bits per heavy atom. The summed E-state index contributed by atoms with van der Waals surface area (Å²) in [5.41, 5.74) is 0.0514. The molecule has 0 spiro atoms. The van der Waals surface area contributed by atoms with E-state index in [1.165, 1.54) is 0 Å². The number of hydrogen-bond acceptors (Lipinski definition) is 12. The summed E-state index contributed by atoms with van der Waals surface area (Å²) in [6.45, 7) is 9.24. The average Bonchev–Trinajstić information content (AvgIpc) is 2.91. The Balaban J connectivity index is 3.25. The maximum absolute atomic E-state index is 5.57. The Bertz CT molecular complexity index is 441. The van der Waals surface area contributed by atoms with E-state index in [2.05, 4.69) is 6.55 Å². The van der Waals surface area contributed by atoms with Gasteiger partial charge in [-0.2, -0.15) is 0 Å². The fourth-order valence-corrected chi connectivity index (χ4v) is 5.42. The lowest BCUT2D eigenvalue weighted by Gasteiger charge is -2.24. The summed E-state index contributed by atoms with van der Waals surface area (Å²) in [5.74, 6) is 0. The van der Waals surface area contributed by atoms with E-state index < -0.39 is 17.8 Å². The zero-order valence-electron chi connectivity index (χ0n) is 23.2. The normalized spacial score (nSPS) is 13.8. The molecule has 0 aromatic heterocycles. The molecule has 0 bridgehead atoms. The van der Waals surface area contributed by atoms with Crippen molar-refractivity contribution >= 4 is 17.8 Å². The molecule has 0 fully saturated rings. The minimum Gasteiger partial charge on any atom is -0.421 e. The van der Waals surface area contributed by atoms with Crippen molar-refractivity contribution < 1.29 is 55.6 Å². The lowest BCUT2D eigenvalue weighted by atomic mass is 10.6. The third-order valence-corrected chi connectivity index (χ3v) is 10.1. The summed E-state index contributed by atoms with van der Waals surface area (Å²) >= 11 is 0. The van der Waals surface area contributed by atoms with Crippen molar-refractivity contribution in [3.8, 4) is 0 Å². The molecule has 0 amide bonds. The smallest absolute Gasteiger partial charge is 0.421 e. The van der Waals surface area contributed by atoms with Crippen LogP contribution in [0.1, 0.15) is 0 Å². The van der Waals surface area contributed by atoms with Gasteiger partial charge in [0.15, 0.2) is 0 Å². The van der Waals surface area contributed by atoms with Gasteiger partial charge in [-0.3, -0.25) is 0 Å². The number of rotatable bonds is 29. The highest BCUT2D eigenvalue weighted by atomic mass is 28.4. The predicted octanol–water partition coefficient (Wildman–Crippen LogP) is 0.535. The molecule has 0 heterocycles. The molecule has 0 aliphatic carbocycles. The van der Waals surface area contributed by atoms with Crippen LogP contribution in [0.5, 0.6) is 0 Å². The van der Waals surface area contributed by atoms with E-state index in [1.807, 2.05) is 0 Å². The van der Waals surface area contributed by atoms with E-state index in [9.17, 15) is 0 Å². The molecule has 12 nitrogen and oxygen atoms in total. The van der Waals surface area contributed by atoms with Crippen LogP contribution in [0.4, 0.5) is 0 Å². The standard InChI is InChI=1S/C22H50O12Si2/c1-23-22(35(6)24-2)21-34-18-17-32-14-13-30-10-9-28-7-8-29-11-12-31-15-16-33-19-20-36(25-3,26-4)27-5/h22,35H,7-21H2,1-6H3. The van der Waals surface area contributed by atoms with Crippen molar-refractivity contribution in [3.63, 3.8) is 0 Å². The Morgan fingerprint density at radius 1 is 0.500 bits per heavy atom. The summed E-state index contributed by atoms with van der Waals surface area (Å²) in [6.07, 6.45) is 0. The third-order valence-electron chi connectivity index (χ3n) is 5.20. The van der Waals surface area contributed by atoms with Crippen LogP contribution in [0.25, 0.3) is 0 Å². The molecule has 2 atom stereocenters. The Labute approximate surface area is 220 Å².